The van der Waals surface area contributed by atoms with E-state index in [2.05, 4.69) is 10.6 Å². The van der Waals surface area contributed by atoms with E-state index in [1.165, 1.54) is 0 Å². The van der Waals surface area contributed by atoms with Crippen molar-refractivity contribution in [3.8, 4) is 5.75 Å². The highest BCUT2D eigenvalue weighted by Crippen LogP contribution is 2.58. The van der Waals surface area contributed by atoms with E-state index >= 15 is 0 Å². The molecule has 0 aromatic heterocycles. The Morgan fingerprint density at radius 2 is 2.19 bits per heavy atom. The molecule has 3 aliphatic rings. The molecule has 1 amide bonds. The van der Waals surface area contributed by atoms with Gasteiger partial charge in [0.15, 0.2) is 0 Å². The monoisotopic (exact) mass is 306 g/mol. The van der Waals surface area contributed by atoms with Crippen molar-refractivity contribution in [3.63, 3.8) is 0 Å². The number of nitrogens with one attached hydrogen (secondary N) is 2. The molecule has 4 nitrogen and oxygen atoms in total. The fourth-order valence-corrected chi connectivity index (χ4v) is 3.95. The third-order valence-corrected chi connectivity index (χ3v) is 5.41. The Labute approximate surface area is 129 Å². The number of piperidine rings is 1. The molecule has 5 heteroatoms. The molecule has 4 rings (SSSR count). The maximum atomic E-state index is 12.5. The predicted octanol–water partition coefficient (Wildman–Crippen LogP) is 2.28. The minimum absolute atomic E-state index is 0.0643. The van der Waals surface area contributed by atoms with Crippen LogP contribution in [0.2, 0.25) is 5.02 Å². The van der Waals surface area contributed by atoms with Crippen molar-refractivity contribution in [1.82, 2.24) is 10.6 Å². The van der Waals surface area contributed by atoms with Crippen molar-refractivity contribution in [1.29, 1.82) is 0 Å². The lowest BCUT2D eigenvalue weighted by atomic mass is 9.91. The summed E-state index contributed by atoms with van der Waals surface area (Å²) in [6.07, 6.45) is 3.28. The topological polar surface area (TPSA) is 50.4 Å². The number of amides is 1. The predicted molar refractivity (Wildman–Crippen MR) is 80.5 cm³/mol. The van der Waals surface area contributed by atoms with Crippen LogP contribution in [-0.2, 0) is 4.79 Å². The van der Waals surface area contributed by atoms with E-state index in [9.17, 15) is 4.79 Å². The number of hydrogen-bond acceptors (Lipinski definition) is 3. The lowest BCUT2D eigenvalue weighted by Gasteiger charge is -2.23. The third-order valence-electron chi connectivity index (χ3n) is 5.17. The molecule has 2 atom stereocenters. The highest BCUT2D eigenvalue weighted by atomic mass is 35.5. The van der Waals surface area contributed by atoms with Gasteiger partial charge >= 0.3 is 0 Å². The number of rotatable bonds is 2. The van der Waals surface area contributed by atoms with Crippen LogP contribution >= 0.6 is 11.6 Å². The second-order valence-electron chi connectivity index (χ2n) is 6.42. The molecule has 2 fully saturated rings. The minimum atomic E-state index is -0.0643. The Balaban J connectivity index is 1.44. The SMILES string of the molecule is O=C(NC1COc2ccc(Cl)cc21)C1CC12CCNCC2. The standard InChI is InChI=1S/C16H19ClN2O2/c17-10-1-2-14-11(7-10)13(9-21-14)19-15(20)12-8-16(12)3-5-18-6-4-16/h1-2,7,12-13,18H,3-6,8-9H2,(H,19,20). The Hall–Kier alpha value is -1.26. The fourth-order valence-electron chi connectivity index (χ4n) is 3.77. The number of halogens is 1. The molecular formula is C16H19ClN2O2. The van der Waals surface area contributed by atoms with Gasteiger partial charge in [0.1, 0.15) is 12.4 Å². The van der Waals surface area contributed by atoms with Gasteiger partial charge < -0.3 is 15.4 Å². The van der Waals surface area contributed by atoms with E-state index in [0.29, 0.717) is 11.6 Å². The molecule has 1 saturated carbocycles. The normalized spacial score (nSPS) is 28.8. The largest absolute Gasteiger partial charge is 0.491 e. The number of hydrogen-bond donors (Lipinski definition) is 2. The number of carbonyl (C=O) groups is 1. The van der Waals surface area contributed by atoms with Crippen LogP contribution in [0, 0.1) is 11.3 Å². The Kier molecular flexibility index (Phi) is 3.12. The van der Waals surface area contributed by atoms with E-state index in [-0.39, 0.29) is 23.3 Å². The number of fused-ring (bicyclic) bond motifs is 1. The molecule has 2 heterocycles. The first-order valence-electron chi connectivity index (χ1n) is 7.61. The van der Waals surface area contributed by atoms with E-state index in [4.69, 9.17) is 16.3 Å². The zero-order valence-electron chi connectivity index (χ0n) is 11.8. The summed E-state index contributed by atoms with van der Waals surface area (Å²) in [5.41, 5.74) is 1.27. The van der Waals surface area contributed by atoms with Gasteiger partial charge in [-0.25, -0.2) is 0 Å². The number of carbonyl (C=O) groups excluding carboxylic acids is 1. The van der Waals surface area contributed by atoms with Gasteiger partial charge in [-0.3, -0.25) is 4.79 Å². The quantitative estimate of drug-likeness (QED) is 0.881. The summed E-state index contributed by atoms with van der Waals surface area (Å²) in [4.78, 5) is 12.5. The minimum Gasteiger partial charge on any atom is -0.491 e. The van der Waals surface area contributed by atoms with Gasteiger partial charge in [-0.1, -0.05) is 11.6 Å². The highest BCUT2D eigenvalue weighted by Gasteiger charge is 2.57. The molecule has 2 aliphatic heterocycles. The number of ether oxygens (including phenoxy) is 1. The maximum absolute atomic E-state index is 12.5. The summed E-state index contributed by atoms with van der Waals surface area (Å²) < 4.78 is 5.62. The summed E-state index contributed by atoms with van der Waals surface area (Å²) in [7, 11) is 0. The van der Waals surface area contributed by atoms with E-state index in [1.807, 2.05) is 18.2 Å². The summed E-state index contributed by atoms with van der Waals surface area (Å²) >= 11 is 6.04. The summed E-state index contributed by atoms with van der Waals surface area (Å²) in [6, 6.07) is 5.51. The molecule has 0 radical (unpaired) electrons. The molecule has 21 heavy (non-hydrogen) atoms. The molecular weight excluding hydrogens is 288 g/mol. The molecule has 0 bridgehead atoms. The Morgan fingerprint density at radius 3 is 3.00 bits per heavy atom. The Bertz CT molecular complexity index is 584. The van der Waals surface area contributed by atoms with Gasteiger partial charge in [0.25, 0.3) is 0 Å². The second kappa shape index (κ2) is 4.89. The Morgan fingerprint density at radius 1 is 1.38 bits per heavy atom. The van der Waals surface area contributed by atoms with Gasteiger partial charge in [-0.15, -0.1) is 0 Å². The van der Waals surface area contributed by atoms with Crippen molar-refractivity contribution in [2.75, 3.05) is 19.7 Å². The highest BCUT2D eigenvalue weighted by molar-refractivity contribution is 6.30. The van der Waals surface area contributed by atoms with Crippen LogP contribution < -0.4 is 15.4 Å². The van der Waals surface area contributed by atoms with E-state index in [0.717, 1.165) is 43.7 Å². The van der Waals surface area contributed by atoms with Crippen LogP contribution in [0.25, 0.3) is 0 Å². The second-order valence-corrected chi connectivity index (χ2v) is 6.86. The molecule has 2 unspecified atom stereocenters. The van der Waals surface area contributed by atoms with Crippen molar-refractivity contribution in [3.05, 3.63) is 28.8 Å². The fraction of sp³-hybridized carbons (Fsp3) is 0.562. The molecule has 1 aliphatic carbocycles. The van der Waals surface area contributed by atoms with E-state index in [1.54, 1.807) is 0 Å². The lowest BCUT2D eigenvalue weighted by molar-refractivity contribution is -0.124. The van der Waals surface area contributed by atoms with Gasteiger partial charge in [0.2, 0.25) is 5.91 Å². The number of benzene rings is 1. The first kappa shape index (κ1) is 13.4. The van der Waals surface area contributed by atoms with E-state index < -0.39 is 0 Å². The smallest absolute Gasteiger partial charge is 0.224 e. The average molecular weight is 307 g/mol. The maximum Gasteiger partial charge on any atom is 0.224 e. The van der Waals surface area contributed by atoms with Crippen LogP contribution in [0.4, 0.5) is 0 Å². The summed E-state index contributed by atoms with van der Waals surface area (Å²) in [6.45, 7) is 2.58. The zero-order chi connectivity index (χ0) is 14.4. The van der Waals surface area contributed by atoms with Gasteiger partial charge in [-0.05, 0) is 56.0 Å². The van der Waals surface area contributed by atoms with Crippen molar-refractivity contribution < 1.29 is 9.53 Å². The van der Waals surface area contributed by atoms with Crippen LogP contribution in [0.1, 0.15) is 30.9 Å². The van der Waals surface area contributed by atoms with Crippen molar-refractivity contribution in [2.45, 2.75) is 25.3 Å². The van der Waals surface area contributed by atoms with Gasteiger partial charge in [0, 0.05) is 16.5 Å². The van der Waals surface area contributed by atoms with Crippen LogP contribution in [0.15, 0.2) is 18.2 Å². The molecule has 1 aromatic carbocycles. The molecule has 1 aromatic rings. The van der Waals surface area contributed by atoms with Crippen LogP contribution in [-0.4, -0.2) is 25.6 Å². The average Bonchev–Trinajstić information content (AvgIpc) is 3.03. The summed E-state index contributed by atoms with van der Waals surface area (Å²) in [5.74, 6) is 1.19. The summed E-state index contributed by atoms with van der Waals surface area (Å²) in [5, 5.41) is 7.20. The lowest BCUT2D eigenvalue weighted by Crippen LogP contribution is -2.35. The molecule has 2 N–H and O–H groups in total. The molecule has 1 saturated heterocycles. The third kappa shape index (κ3) is 2.30. The molecule has 1 spiro atoms. The first-order valence-corrected chi connectivity index (χ1v) is 7.99. The van der Waals surface area contributed by atoms with Crippen molar-refractivity contribution >= 4 is 17.5 Å². The van der Waals surface area contributed by atoms with Gasteiger partial charge in [0.05, 0.1) is 6.04 Å². The molecule has 112 valence electrons. The van der Waals surface area contributed by atoms with Gasteiger partial charge in [-0.2, -0.15) is 0 Å². The van der Waals surface area contributed by atoms with Crippen molar-refractivity contribution in [2.24, 2.45) is 11.3 Å². The first-order chi connectivity index (χ1) is 10.2. The van der Waals surface area contributed by atoms with Crippen LogP contribution in [0.3, 0.4) is 0 Å². The van der Waals surface area contributed by atoms with Crippen LogP contribution in [0.5, 0.6) is 5.75 Å². The zero-order valence-corrected chi connectivity index (χ0v) is 12.6.